The Labute approximate surface area is 157 Å². The molecule has 0 aliphatic carbocycles. The Balaban J connectivity index is 1.51. The fourth-order valence-corrected chi connectivity index (χ4v) is 3.69. The van der Waals surface area contributed by atoms with Gasteiger partial charge in [0, 0.05) is 38.7 Å². The van der Waals surface area contributed by atoms with E-state index in [1.807, 2.05) is 25.8 Å². The van der Waals surface area contributed by atoms with Gasteiger partial charge in [0.25, 0.3) is 5.91 Å². The number of hydrogen-bond acceptors (Lipinski definition) is 6. The third-order valence-electron chi connectivity index (χ3n) is 5.02. The second-order valence-corrected chi connectivity index (χ2v) is 7.09. The molecule has 0 N–H and O–H groups in total. The minimum Gasteiger partial charge on any atom is -0.361 e. The summed E-state index contributed by atoms with van der Waals surface area (Å²) in [5, 5.41) is 4.03. The van der Waals surface area contributed by atoms with Crippen LogP contribution in [0.3, 0.4) is 0 Å². The maximum absolute atomic E-state index is 12.6. The van der Waals surface area contributed by atoms with Gasteiger partial charge >= 0.3 is 0 Å². The van der Waals surface area contributed by atoms with Gasteiger partial charge in [-0.05, 0) is 32.6 Å². The van der Waals surface area contributed by atoms with Gasteiger partial charge in [0.2, 0.25) is 0 Å². The van der Waals surface area contributed by atoms with Crippen LogP contribution in [-0.4, -0.2) is 48.6 Å². The highest BCUT2D eigenvalue weighted by Crippen LogP contribution is 2.30. The number of aryl methyl sites for hydroxylation is 3. The summed E-state index contributed by atoms with van der Waals surface area (Å²) in [4.78, 5) is 27.7. The fraction of sp³-hybridized carbons (Fsp3) is 0.421. The molecule has 1 atom stereocenters. The van der Waals surface area contributed by atoms with Gasteiger partial charge in [0.05, 0.1) is 29.0 Å². The van der Waals surface area contributed by atoms with E-state index in [1.54, 1.807) is 29.5 Å². The van der Waals surface area contributed by atoms with E-state index >= 15 is 0 Å². The highest BCUT2D eigenvalue weighted by molar-refractivity contribution is 5.92. The first kappa shape index (κ1) is 17.4. The molecule has 1 aliphatic heterocycles. The van der Waals surface area contributed by atoms with E-state index in [0.717, 1.165) is 47.8 Å². The average Bonchev–Trinajstić information content (AvgIpc) is 3.37. The Morgan fingerprint density at radius 2 is 2.07 bits per heavy atom. The minimum absolute atomic E-state index is 0.0109. The first-order valence-electron chi connectivity index (χ1n) is 9.03. The van der Waals surface area contributed by atoms with Gasteiger partial charge in [-0.1, -0.05) is 5.16 Å². The predicted molar refractivity (Wildman–Crippen MR) is 97.9 cm³/mol. The molecule has 1 fully saturated rings. The van der Waals surface area contributed by atoms with Crippen LogP contribution in [0.25, 0.3) is 11.3 Å². The number of nitrogens with zero attached hydrogens (tertiary/aromatic N) is 6. The summed E-state index contributed by atoms with van der Waals surface area (Å²) in [6.07, 6.45) is 8.51. The van der Waals surface area contributed by atoms with Crippen LogP contribution >= 0.6 is 0 Å². The van der Waals surface area contributed by atoms with Crippen LogP contribution in [0.4, 0.5) is 0 Å². The standard InChI is InChI=1S/C19H22N6O2/c1-12-17(13(2)27-23-12)18-15(20-5-6-21-18)8-14-4-7-25(9-14)19(26)16-10-24(3)11-22-16/h5-6,10-11,14H,4,7-9H2,1-3H3/t14-/m0/s1. The van der Waals surface area contributed by atoms with E-state index in [4.69, 9.17) is 4.52 Å². The summed E-state index contributed by atoms with van der Waals surface area (Å²) in [5.41, 5.74) is 3.96. The summed E-state index contributed by atoms with van der Waals surface area (Å²) in [5.74, 6) is 1.07. The topological polar surface area (TPSA) is 89.9 Å². The number of carbonyl (C=O) groups excluding carboxylic acids is 1. The molecule has 140 valence electrons. The molecular weight excluding hydrogens is 344 g/mol. The Morgan fingerprint density at radius 3 is 2.78 bits per heavy atom. The minimum atomic E-state index is -0.0109. The van der Waals surface area contributed by atoms with Crippen LogP contribution in [-0.2, 0) is 13.5 Å². The maximum Gasteiger partial charge on any atom is 0.274 e. The van der Waals surface area contributed by atoms with Crippen molar-refractivity contribution in [2.75, 3.05) is 13.1 Å². The fourth-order valence-electron chi connectivity index (χ4n) is 3.69. The molecule has 3 aromatic rings. The molecule has 1 saturated heterocycles. The second-order valence-electron chi connectivity index (χ2n) is 7.09. The molecule has 4 rings (SSSR count). The van der Waals surface area contributed by atoms with Crippen LogP contribution < -0.4 is 0 Å². The van der Waals surface area contributed by atoms with Crippen molar-refractivity contribution < 1.29 is 9.32 Å². The third-order valence-corrected chi connectivity index (χ3v) is 5.02. The van der Waals surface area contributed by atoms with Gasteiger partial charge in [-0.15, -0.1) is 0 Å². The van der Waals surface area contributed by atoms with Crippen molar-refractivity contribution in [3.8, 4) is 11.3 Å². The SMILES string of the molecule is Cc1noc(C)c1-c1nccnc1C[C@@H]1CCN(C(=O)c2cn(C)cn2)C1. The zero-order chi connectivity index (χ0) is 19.0. The summed E-state index contributed by atoms with van der Waals surface area (Å²) < 4.78 is 7.08. The molecule has 0 saturated carbocycles. The number of carbonyl (C=O) groups is 1. The van der Waals surface area contributed by atoms with E-state index in [0.29, 0.717) is 18.2 Å². The molecule has 8 nitrogen and oxygen atoms in total. The number of aromatic nitrogens is 5. The zero-order valence-corrected chi connectivity index (χ0v) is 15.7. The Hall–Kier alpha value is -3.03. The van der Waals surface area contributed by atoms with Crippen LogP contribution in [0, 0.1) is 19.8 Å². The van der Waals surface area contributed by atoms with Crippen molar-refractivity contribution in [1.82, 2.24) is 29.6 Å². The first-order valence-corrected chi connectivity index (χ1v) is 9.03. The summed E-state index contributed by atoms with van der Waals surface area (Å²) in [7, 11) is 1.86. The Morgan fingerprint density at radius 1 is 1.26 bits per heavy atom. The van der Waals surface area contributed by atoms with Crippen molar-refractivity contribution in [3.05, 3.63) is 47.8 Å². The van der Waals surface area contributed by atoms with Gasteiger partial charge in [-0.2, -0.15) is 0 Å². The maximum atomic E-state index is 12.6. The molecule has 8 heteroatoms. The zero-order valence-electron chi connectivity index (χ0n) is 15.7. The van der Waals surface area contributed by atoms with Crippen molar-refractivity contribution in [3.63, 3.8) is 0 Å². The lowest BCUT2D eigenvalue weighted by Gasteiger charge is -2.15. The predicted octanol–water partition coefficient (Wildman–Crippen LogP) is 2.19. The van der Waals surface area contributed by atoms with Crippen molar-refractivity contribution >= 4 is 5.91 Å². The van der Waals surface area contributed by atoms with E-state index in [2.05, 4.69) is 20.1 Å². The summed E-state index contributed by atoms with van der Waals surface area (Å²) in [6.45, 7) is 5.23. The normalized spacial score (nSPS) is 16.9. The van der Waals surface area contributed by atoms with Crippen LogP contribution in [0.2, 0.25) is 0 Å². The molecule has 3 aromatic heterocycles. The van der Waals surface area contributed by atoms with Gasteiger partial charge < -0.3 is 14.0 Å². The average molecular weight is 366 g/mol. The van der Waals surface area contributed by atoms with Crippen molar-refractivity contribution in [1.29, 1.82) is 0 Å². The van der Waals surface area contributed by atoms with E-state index in [1.165, 1.54) is 0 Å². The monoisotopic (exact) mass is 366 g/mol. The van der Waals surface area contributed by atoms with Crippen molar-refractivity contribution in [2.45, 2.75) is 26.7 Å². The van der Waals surface area contributed by atoms with Gasteiger partial charge in [-0.25, -0.2) is 4.98 Å². The molecule has 1 amide bonds. The molecule has 0 radical (unpaired) electrons. The molecular formula is C19H22N6O2. The molecule has 1 aliphatic rings. The van der Waals surface area contributed by atoms with Gasteiger partial charge in [-0.3, -0.25) is 14.8 Å². The number of amides is 1. The second kappa shape index (κ2) is 6.94. The first-order chi connectivity index (χ1) is 13.0. The van der Waals surface area contributed by atoms with Crippen molar-refractivity contribution in [2.24, 2.45) is 13.0 Å². The van der Waals surface area contributed by atoms with E-state index in [9.17, 15) is 4.79 Å². The van der Waals surface area contributed by atoms with E-state index in [-0.39, 0.29) is 5.91 Å². The highest BCUT2D eigenvalue weighted by atomic mass is 16.5. The molecule has 0 spiro atoms. The Bertz CT molecular complexity index is 957. The van der Waals surface area contributed by atoms with Crippen LogP contribution in [0.15, 0.2) is 29.4 Å². The summed E-state index contributed by atoms with van der Waals surface area (Å²) >= 11 is 0. The van der Waals surface area contributed by atoms with Crippen LogP contribution in [0.1, 0.15) is 34.1 Å². The van der Waals surface area contributed by atoms with E-state index < -0.39 is 0 Å². The Kier molecular flexibility index (Phi) is 4.47. The summed E-state index contributed by atoms with van der Waals surface area (Å²) in [6, 6.07) is 0. The largest absolute Gasteiger partial charge is 0.361 e. The number of imidazole rings is 1. The molecule has 27 heavy (non-hydrogen) atoms. The molecule has 0 bridgehead atoms. The van der Waals surface area contributed by atoms with Gasteiger partial charge in [0.15, 0.2) is 0 Å². The lowest BCUT2D eigenvalue weighted by atomic mass is 9.98. The van der Waals surface area contributed by atoms with Gasteiger partial charge in [0.1, 0.15) is 11.5 Å². The smallest absolute Gasteiger partial charge is 0.274 e. The molecule has 0 unspecified atom stereocenters. The number of rotatable bonds is 4. The lowest BCUT2D eigenvalue weighted by molar-refractivity contribution is 0.0781. The lowest BCUT2D eigenvalue weighted by Crippen LogP contribution is -2.29. The molecule has 0 aromatic carbocycles. The quantitative estimate of drug-likeness (QED) is 0.703. The van der Waals surface area contributed by atoms with Crippen LogP contribution in [0.5, 0.6) is 0 Å². The third kappa shape index (κ3) is 3.34. The number of likely N-dealkylation sites (tertiary alicyclic amines) is 1. The molecule has 4 heterocycles. The number of hydrogen-bond donors (Lipinski definition) is 0. The highest BCUT2D eigenvalue weighted by Gasteiger charge is 2.29.